The highest BCUT2D eigenvalue weighted by Gasteiger charge is 2.21. The largest absolute Gasteiger partial charge is 0.467 e. The number of nitrogens with zero attached hydrogens (tertiary/aromatic N) is 1. The Morgan fingerprint density at radius 1 is 1.39 bits per heavy atom. The van der Waals surface area contributed by atoms with Crippen molar-refractivity contribution in [1.82, 2.24) is 9.88 Å². The van der Waals surface area contributed by atoms with Crippen molar-refractivity contribution in [2.45, 2.75) is 19.0 Å². The van der Waals surface area contributed by atoms with E-state index < -0.39 is 12.0 Å². The molecule has 1 aromatic carbocycles. The van der Waals surface area contributed by atoms with Crippen molar-refractivity contribution in [2.24, 2.45) is 0 Å². The number of carbonyl (C=O) groups is 2. The number of methoxy groups -OCH3 is 1. The Kier molecular flexibility index (Phi) is 6.53. The van der Waals surface area contributed by atoms with Crippen molar-refractivity contribution in [3.8, 4) is 0 Å². The molecule has 0 bridgehead atoms. The summed E-state index contributed by atoms with van der Waals surface area (Å²) >= 11 is 5.06. The van der Waals surface area contributed by atoms with Crippen LogP contribution >= 0.6 is 27.7 Å². The van der Waals surface area contributed by atoms with Gasteiger partial charge in [0.1, 0.15) is 12.6 Å². The van der Waals surface area contributed by atoms with Gasteiger partial charge in [-0.15, -0.1) is 0 Å². The molecule has 5 nitrogen and oxygen atoms in total. The molecule has 2 rings (SSSR count). The van der Waals surface area contributed by atoms with Gasteiger partial charge >= 0.3 is 5.97 Å². The van der Waals surface area contributed by atoms with E-state index in [1.54, 1.807) is 11.8 Å². The number of benzene rings is 1. The maximum absolute atomic E-state index is 12.3. The molecular weight excluding hydrogens is 380 g/mol. The fourth-order valence-electron chi connectivity index (χ4n) is 2.33. The number of thioether (sulfide) groups is 1. The molecule has 0 aliphatic heterocycles. The van der Waals surface area contributed by atoms with E-state index >= 15 is 0 Å². The first-order valence-electron chi connectivity index (χ1n) is 7.15. The molecule has 2 aromatic rings. The minimum absolute atomic E-state index is 0.165. The number of rotatable bonds is 7. The Hall–Kier alpha value is -1.47. The maximum atomic E-state index is 12.3. The summed E-state index contributed by atoms with van der Waals surface area (Å²) in [6.45, 7) is 0.165. The number of hydrogen-bond acceptors (Lipinski definition) is 4. The molecule has 124 valence electrons. The number of esters is 1. The molecule has 0 saturated heterocycles. The maximum Gasteiger partial charge on any atom is 0.328 e. The Bertz CT molecular complexity index is 702. The average Bonchev–Trinajstić information content (AvgIpc) is 2.92. The number of nitrogens with one attached hydrogen (secondary N) is 1. The lowest BCUT2D eigenvalue weighted by molar-refractivity contribution is -0.145. The molecule has 23 heavy (non-hydrogen) atoms. The summed E-state index contributed by atoms with van der Waals surface area (Å²) in [7, 11) is 1.33. The predicted molar refractivity (Wildman–Crippen MR) is 96.6 cm³/mol. The standard InChI is InChI=1S/C16H19BrN2O3S/c1-22-16(21)13(6-8-23-2)18-15(20)10-19-7-5-11-9-12(17)3-4-14(11)19/h3-5,7,9,13H,6,8,10H2,1-2H3,(H,18,20). The molecule has 1 unspecified atom stereocenters. The number of ether oxygens (including phenoxy) is 1. The summed E-state index contributed by atoms with van der Waals surface area (Å²) < 4.78 is 7.61. The van der Waals surface area contributed by atoms with Gasteiger partial charge in [-0.2, -0.15) is 11.8 Å². The molecule has 0 spiro atoms. The van der Waals surface area contributed by atoms with Gasteiger partial charge in [0.15, 0.2) is 0 Å². The lowest BCUT2D eigenvalue weighted by atomic mass is 10.2. The number of fused-ring (bicyclic) bond motifs is 1. The van der Waals surface area contributed by atoms with E-state index in [1.807, 2.05) is 41.3 Å². The molecule has 1 atom stereocenters. The minimum atomic E-state index is -0.601. The van der Waals surface area contributed by atoms with Gasteiger partial charge in [0.25, 0.3) is 0 Å². The van der Waals surface area contributed by atoms with Gasteiger partial charge in [-0.3, -0.25) is 4.79 Å². The topological polar surface area (TPSA) is 60.3 Å². The summed E-state index contributed by atoms with van der Waals surface area (Å²) in [5, 5.41) is 3.81. The smallest absolute Gasteiger partial charge is 0.328 e. The van der Waals surface area contributed by atoms with Crippen LogP contribution in [-0.2, 0) is 20.9 Å². The summed E-state index contributed by atoms with van der Waals surface area (Å²) in [4.78, 5) is 24.0. The molecule has 1 heterocycles. The normalized spacial score (nSPS) is 12.1. The number of aromatic nitrogens is 1. The Balaban J connectivity index is 2.05. The van der Waals surface area contributed by atoms with E-state index in [4.69, 9.17) is 4.74 Å². The van der Waals surface area contributed by atoms with Crippen molar-refractivity contribution in [3.05, 3.63) is 34.9 Å². The molecule has 1 N–H and O–H groups in total. The minimum Gasteiger partial charge on any atom is -0.467 e. The second kappa shape index (κ2) is 8.40. The van der Waals surface area contributed by atoms with E-state index in [-0.39, 0.29) is 12.5 Å². The molecule has 1 aromatic heterocycles. The third kappa shape index (κ3) is 4.75. The van der Waals surface area contributed by atoms with Crippen LogP contribution in [0.2, 0.25) is 0 Å². The third-order valence-corrected chi connectivity index (χ3v) is 4.62. The monoisotopic (exact) mass is 398 g/mol. The molecule has 0 aliphatic rings. The van der Waals surface area contributed by atoms with Crippen LogP contribution in [0.4, 0.5) is 0 Å². The Labute approximate surface area is 147 Å². The highest BCUT2D eigenvalue weighted by Crippen LogP contribution is 2.20. The van der Waals surface area contributed by atoms with Crippen LogP contribution < -0.4 is 5.32 Å². The molecular formula is C16H19BrN2O3S. The van der Waals surface area contributed by atoms with Gasteiger partial charge in [0, 0.05) is 21.6 Å². The Morgan fingerprint density at radius 2 is 2.17 bits per heavy atom. The molecule has 0 radical (unpaired) electrons. The zero-order valence-corrected chi connectivity index (χ0v) is 15.4. The molecule has 0 fully saturated rings. The van der Waals surface area contributed by atoms with Gasteiger partial charge < -0.3 is 14.6 Å². The number of amides is 1. The SMILES string of the molecule is COC(=O)C(CCSC)NC(=O)Cn1ccc2cc(Br)ccc21. The van der Waals surface area contributed by atoms with Crippen LogP contribution in [0.5, 0.6) is 0 Å². The first kappa shape index (κ1) is 17.9. The van der Waals surface area contributed by atoms with E-state index in [2.05, 4.69) is 21.2 Å². The fourth-order valence-corrected chi connectivity index (χ4v) is 3.18. The van der Waals surface area contributed by atoms with Gasteiger partial charge in [-0.1, -0.05) is 15.9 Å². The number of hydrogen-bond donors (Lipinski definition) is 1. The van der Waals surface area contributed by atoms with Gasteiger partial charge in [-0.05, 0) is 42.7 Å². The summed E-state index contributed by atoms with van der Waals surface area (Å²) in [6, 6.07) is 7.25. The lowest BCUT2D eigenvalue weighted by Gasteiger charge is -2.16. The van der Waals surface area contributed by atoms with Crippen LogP contribution in [0.3, 0.4) is 0 Å². The van der Waals surface area contributed by atoms with Crippen molar-refractivity contribution < 1.29 is 14.3 Å². The third-order valence-electron chi connectivity index (χ3n) is 3.48. The fraction of sp³-hybridized carbons (Fsp3) is 0.375. The van der Waals surface area contributed by atoms with Crippen molar-refractivity contribution >= 4 is 50.5 Å². The second-order valence-corrected chi connectivity index (χ2v) is 6.97. The number of carbonyl (C=O) groups excluding carboxylic acids is 2. The van der Waals surface area contributed by atoms with Crippen molar-refractivity contribution in [2.75, 3.05) is 19.1 Å². The van der Waals surface area contributed by atoms with Crippen molar-refractivity contribution in [3.63, 3.8) is 0 Å². The zero-order valence-electron chi connectivity index (χ0n) is 13.0. The quantitative estimate of drug-likeness (QED) is 0.728. The van der Waals surface area contributed by atoms with Crippen LogP contribution in [0, 0.1) is 0 Å². The van der Waals surface area contributed by atoms with Gasteiger partial charge in [0.2, 0.25) is 5.91 Å². The zero-order chi connectivity index (χ0) is 16.8. The second-order valence-electron chi connectivity index (χ2n) is 5.07. The lowest BCUT2D eigenvalue weighted by Crippen LogP contribution is -2.43. The highest BCUT2D eigenvalue weighted by atomic mass is 79.9. The van der Waals surface area contributed by atoms with E-state index in [0.717, 1.165) is 21.1 Å². The molecule has 0 saturated carbocycles. The summed E-state index contributed by atoms with van der Waals surface area (Å²) in [5.41, 5.74) is 0.974. The summed E-state index contributed by atoms with van der Waals surface area (Å²) in [5.74, 6) is 0.163. The number of halogens is 1. The first-order chi connectivity index (χ1) is 11.0. The summed E-state index contributed by atoms with van der Waals surface area (Å²) in [6.07, 6.45) is 4.38. The Morgan fingerprint density at radius 3 is 2.87 bits per heavy atom. The highest BCUT2D eigenvalue weighted by molar-refractivity contribution is 9.10. The average molecular weight is 399 g/mol. The van der Waals surface area contributed by atoms with Crippen LogP contribution in [0.25, 0.3) is 10.9 Å². The van der Waals surface area contributed by atoms with E-state index in [9.17, 15) is 9.59 Å². The van der Waals surface area contributed by atoms with Crippen LogP contribution in [0.15, 0.2) is 34.9 Å². The van der Waals surface area contributed by atoms with Crippen LogP contribution in [-0.4, -0.2) is 41.6 Å². The molecule has 7 heteroatoms. The molecule has 0 aliphatic carbocycles. The first-order valence-corrected chi connectivity index (χ1v) is 9.34. The van der Waals surface area contributed by atoms with Gasteiger partial charge in [0.05, 0.1) is 7.11 Å². The van der Waals surface area contributed by atoms with E-state index in [0.29, 0.717) is 6.42 Å². The molecule has 1 amide bonds. The van der Waals surface area contributed by atoms with Crippen LogP contribution in [0.1, 0.15) is 6.42 Å². The van der Waals surface area contributed by atoms with Gasteiger partial charge in [-0.25, -0.2) is 4.79 Å². The van der Waals surface area contributed by atoms with E-state index in [1.165, 1.54) is 7.11 Å². The van der Waals surface area contributed by atoms with Crippen molar-refractivity contribution in [1.29, 1.82) is 0 Å². The predicted octanol–water partition coefficient (Wildman–Crippen LogP) is 2.81.